The molecule has 0 amide bonds. The molecule has 5 heteroatoms. The SMILES string of the molecule is COc1ccc(C(CN)N2CC(C)OC(C)C2)c(OC)c1. The summed E-state index contributed by atoms with van der Waals surface area (Å²) in [5, 5.41) is 0. The number of ether oxygens (including phenoxy) is 3. The Balaban J connectivity index is 2.28. The average molecular weight is 294 g/mol. The molecule has 2 N–H and O–H groups in total. The second-order valence-electron chi connectivity index (χ2n) is 5.57. The number of nitrogens with zero attached hydrogens (tertiary/aromatic N) is 1. The fourth-order valence-corrected chi connectivity index (χ4v) is 3.04. The van der Waals surface area contributed by atoms with Gasteiger partial charge in [0.15, 0.2) is 0 Å². The molecule has 1 aromatic rings. The topological polar surface area (TPSA) is 57.0 Å². The largest absolute Gasteiger partial charge is 0.497 e. The maximum atomic E-state index is 6.05. The van der Waals surface area contributed by atoms with Crippen molar-refractivity contribution < 1.29 is 14.2 Å². The third kappa shape index (κ3) is 3.67. The number of nitrogens with two attached hydrogens (primary N) is 1. The second kappa shape index (κ2) is 7.11. The summed E-state index contributed by atoms with van der Waals surface area (Å²) in [6, 6.07) is 6.03. The number of hydrogen-bond acceptors (Lipinski definition) is 5. The average Bonchev–Trinajstić information content (AvgIpc) is 2.47. The van der Waals surface area contributed by atoms with Gasteiger partial charge in [-0.15, -0.1) is 0 Å². The summed E-state index contributed by atoms with van der Waals surface area (Å²) in [6.45, 7) is 6.49. The first-order valence-electron chi connectivity index (χ1n) is 7.40. The van der Waals surface area contributed by atoms with Gasteiger partial charge in [0.1, 0.15) is 11.5 Å². The van der Waals surface area contributed by atoms with Gasteiger partial charge in [-0.1, -0.05) is 6.07 Å². The molecular formula is C16H26N2O3. The van der Waals surface area contributed by atoms with Crippen molar-refractivity contribution >= 4 is 0 Å². The molecule has 3 unspecified atom stereocenters. The van der Waals surface area contributed by atoms with Gasteiger partial charge < -0.3 is 19.9 Å². The quantitative estimate of drug-likeness (QED) is 0.897. The van der Waals surface area contributed by atoms with Gasteiger partial charge in [-0.25, -0.2) is 0 Å². The molecule has 1 fully saturated rings. The highest BCUT2D eigenvalue weighted by Gasteiger charge is 2.29. The summed E-state index contributed by atoms with van der Waals surface area (Å²) in [4.78, 5) is 2.38. The van der Waals surface area contributed by atoms with Gasteiger partial charge in [0.2, 0.25) is 0 Å². The third-order valence-corrected chi connectivity index (χ3v) is 3.91. The van der Waals surface area contributed by atoms with Crippen LogP contribution in [-0.2, 0) is 4.74 Å². The van der Waals surface area contributed by atoms with Crippen molar-refractivity contribution in [1.82, 2.24) is 4.90 Å². The lowest BCUT2D eigenvalue weighted by Gasteiger charge is -2.40. The summed E-state index contributed by atoms with van der Waals surface area (Å²) >= 11 is 0. The molecule has 3 atom stereocenters. The van der Waals surface area contributed by atoms with E-state index < -0.39 is 0 Å². The zero-order valence-electron chi connectivity index (χ0n) is 13.3. The third-order valence-electron chi connectivity index (χ3n) is 3.91. The van der Waals surface area contributed by atoms with Crippen LogP contribution in [0.25, 0.3) is 0 Å². The molecule has 1 saturated heterocycles. The number of rotatable bonds is 5. The van der Waals surface area contributed by atoms with Crippen LogP contribution in [0, 0.1) is 0 Å². The van der Waals surface area contributed by atoms with E-state index in [2.05, 4.69) is 18.7 Å². The van der Waals surface area contributed by atoms with Crippen LogP contribution in [0.1, 0.15) is 25.5 Å². The number of benzene rings is 1. The van der Waals surface area contributed by atoms with Crippen LogP contribution in [-0.4, -0.2) is 51.0 Å². The predicted octanol–water partition coefficient (Wildman–Crippen LogP) is 1.81. The fourth-order valence-electron chi connectivity index (χ4n) is 3.04. The lowest BCUT2D eigenvalue weighted by molar-refractivity contribution is -0.0801. The molecule has 21 heavy (non-hydrogen) atoms. The first-order valence-corrected chi connectivity index (χ1v) is 7.40. The van der Waals surface area contributed by atoms with Gasteiger partial charge in [-0.3, -0.25) is 4.90 Å². The number of methoxy groups -OCH3 is 2. The van der Waals surface area contributed by atoms with E-state index in [-0.39, 0.29) is 18.2 Å². The van der Waals surface area contributed by atoms with E-state index in [1.54, 1.807) is 14.2 Å². The predicted molar refractivity (Wildman–Crippen MR) is 82.9 cm³/mol. The molecule has 1 heterocycles. The van der Waals surface area contributed by atoms with Gasteiger partial charge >= 0.3 is 0 Å². The molecule has 0 aromatic heterocycles. The lowest BCUT2D eigenvalue weighted by atomic mass is 10.0. The van der Waals surface area contributed by atoms with Gasteiger partial charge in [0.25, 0.3) is 0 Å². The Labute approximate surface area is 127 Å². The van der Waals surface area contributed by atoms with Crippen molar-refractivity contribution in [1.29, 1.82) is 0 Å². The van der Waals surface area contributed by atoms with E-state index in [0.29, 0.717) is 6.54 Å². The number of hydrogen-bond donors (Lipinski definition) is 1. The van der Waals surface area contributed by atoms with Crippen LogP contribution in [0.4, 0.5) is 0 Å². The standard InChI is InChI=1S/C16H26N2O3/c1-11-9-18(10-12(2)21-11)15(8-17)14-6-5-13(19-3)7-16(14)20-4/h5-7,11-12,15H,8-10,17H2,1-4H3. The van der Waals surface area contributed by atoms with Crippen LogP contribution in [0.15, 0.2) is 18.2 Å². The number of morpholine rings is 1. The Morgan fingerprint density at radius 2 is 1.90 bits per heavy atom. The molecule has 2 rings (SSSR count). The molecule has 1 aliphatic rings. The van der Waals surface area contributed by atoms with E-state index >= 15 is 0 Å². The molecule has 0 saturated carbocycles. The van der Waals surface area contributed by atoms with Crippen molar-refractivity contribution in [2.24, 2.45) is 5.73 Å². The minimum Gasteiger partial charge on any atom is -0.497 e. The van der Waals surface area contributed by atoms with Crippen LogP contribution in [0.5, 0.6) is 11.5 Å². The van der Waals surface area contributed by atoms with E-state index in [1.165, 1.54) is 0 Å². The maximum absolute atomic E-state index is 6.05. The van der Waals surface area contributed by atoms with Crippen molar-refractivity contribution in [3.8, 4) is 11.5 Å². The highest BCUT2D eigenvalue weighted by Crippen LogP contribution is 2.33. The monoisotopic (exact) mass is 294 g/mol. The fraction of sp³-hybridized carbons (Fsp3) is 0.625. The molecule has 5 nitrogen and oxygen atoms in total. The van der Waals surface area contributed by atoms with E-state index in [9.17, 15) is 0 Å². The zero-order valence-corrected chi connectivity index (χ0v) is 13.3. The van der Waals surface area contributed by atoms with Gasteiger partial charge in [-0.2, -0.15) is 0 Å². The smallest absolute Gasteiger partial charge is 0.127 e. The van der Waals surface area contributed by atoms with Gasteiger partial charge in [0, 0.05) is 31.3 Å². The summed E-state index contributed by atoms with van der Waals surface area (Å²) in [6.07, 6.45) is 0.430. The Morgan fingerprint density at radius 3 is 2.43 bits per heavy atom. The van der Waals surface area contributed by atoms with Crippen molar-refractivity contribution in [3.63, 3.8) is 0 Å². The van der Waals surface area contributed by atoms with Crippen LogP contribution in [0.2, 0.25) is 0 Å². The van der Waals surface area contributed by atoms with Crippen molar-refractivity contribution in [2.45, 2.75) is 32.1 Å². The molecular weight excluding hydrogens is 268 g/mol. The van der Waals surface area contributed by atoms with Gasteiger partial charge in [-0.05, 0) is 19.9 Å². The highest BCUT2D eigenvalue weighted by atomic mass is 16.5. The van der Waals surface area contributed by atoms with E-state index in [1.807, 2.05) is 18.2 Å². The molecule has 1 aromatic carbocycles. The summed E-state index contributed by atoms with van der Waals surface area (Å²) in [7, 11) is 3.33. The minimum absolute atomic E-state index is 0.125. The summed E-state index contributed by atoms with van der Waals surface area (Å²) in [5.41, 5.74) is 7.15. The van der Waals surface area contributed by atoms with Crippen molar-refractivity contribution in [3.05, 3.63) is 23.8 Å². The maximum Gasteiger partial charge on any atom is 0.127 e. The Hall–Kier alpha value is -1.30. The minimum atomic E-state index is 0.125. The molecule has 1 aliphatic heterocycles. The molecule has 118 valence electrons. The van der Waals surface area contributed by atoms with E-state index in [0.717, 1.165) is 30.2 Å². The highest BCUT2D eigenvalue weighted by molar-refractivity contribution is 5.42. The molecule has 0 bridgehead atoms. The summed E-state index contributed by atoms with van der Waals surface area (Å²) < 4.78 is 16.6. The Bertz CT molecular complexity index is 457. The normalized spacial score (nSPS) is 24.6. The zero-order chi connectivity index (χ0) is 15.4. The van der Waals surface area contributed by atoms with Gasteiger partial charge in [0.05, 0.1) is 32.5 Å². The lowest BCUT2D eigenvalue weighted by Crippen LogP contribution is -2.48. The summed E-state index contributed by atoms with van der Waals surface area (Å²) in [5.74, 6) is 1.60. The molecule has 0 aliphatic carbocycles. The first kappa shape index (κ1) is 16.1. The van der Waals surface area contributed by atoms with Crippen LogP contribution >= 0.6 is 0 Å². The first-order chi connectivity index (χ1) is 10.1. The molecule has 0 radical (unpaired) electrons. The van der Waals surface area contributed by atoms with Crippen molar-refractivity contribution in [2.75, 3.05) is 33.9 Å². The van der Waals surface area contributed by atoms with Crippen LogP contribution < -0.4 is 15.2 Å². The Kier molecular flexibility index (Phi) is 5.45. The van der Waals surface area contributed by atoms with E-state index in [4.69, 9.17) is 19.9 Å². The van der Waals surface area contributed by atoms with Crippen LogP contribution in [0.3, 0.4) is 0 Å². The second-order valence-corrected chi connectivity index (χ2v) is 5.57. The molecule has 0 spiro atoms. The Morgan fingerprint density at radius 1 is 1.24 bits per heavy atom.